The lowest BCUT2D eigenvalue weighted by atomic mass is 10.3. The smallest absolute Gasteiger partial charge is 0.270 e. The zero-order valence-electron chi connectivity index (χ0n) is 8.95. The van der Waals surface area contributed by atoms with Crippen LogP contribution in [-0.4, -0.2) is 31.8 Å². The number of rotatable bonds is 4. The van der Waals surface area contributed by atoms with Crippen LogP contribution in [0.15, 0.2) is 16.8 Å². The summed E-state index contributed by atoms with van der Waals surface area (Å²) in [5, 5.41) is 11.2. The minimum absolute atomic E-state index is 0.0660. The van der Waals surface area contributed by atoms with E-state index in [4.69, 9.17) is 10.3 Å². The van der Waals surface area contributed by atoms with E-state index in [1.807, 2.05) is 0 Å². The van der Waals surface area contributed by atoms with Crippen molar-refractivity contribution in [2.24, 2.45) is 5.73 Å². The molecule has 88 valence electrons. The van der Waals surface area contributed by atoms with Gasteiger partial charge in [-0.15, -0.1) is 5.10 Å². The fourth-order valence-corrected chi connectivity index (χ4v) is 1.18. The van der Waals surface area contributed by atoms with Crippen LogP contribution in [0.5, 0.6) is 0 Å². The predicted molar refractivity (Wildman–Crippen MR) is 54.1 cm³/mol. The van der Waals surface area contributed by atoms with Gasteiger partial charge in [0.05, 0.1) is 6.20 Å². The molecule has 2 aromatic heterocycles. The number of amides is 1. The fourth-order valence-electron chi connectivity index (χ4n) is 1.18. The number of ketones is 1. The molecule has 0 aliphatic heterocycles. The van der Waals surface area contributed by atoms with Gasteiger partial charge in [-0.05, 0) is 0 Å². The van der Waals surface area contributed by atoms with Crippen molar-refractivity contribution in [1.82, 2.24) is 20.2 Å². The van der Waals surface area contributed by atoms with Crippen LogP contribution < -0.4 is 5.73 Å². The summed E-state index contributed by atoms with van der Waals surface area (Å²) in [4.78, 5) is 23.0. The van der Waals surface area contributed by atoms with Crippen LogP contribution in [0.3, 0.4) is 0 Å². The van der Waals surface area contributed by atoms with Gasteiger partial charge in [0.15, 0.2) is 17.2 Å². The zero-order chi connectivity index (χ0) is 12.4. The van der Waals surface area contributed by atoms with Gasteiger partial charge in [0, 0.05) is 13.0 Å². The lowest BCUT2D eigenvalue weighted by molar-refractivity contribution is 0.0989. The highest BCUT2D eigenvalue weighted by molar-refractivity contribution is 5.92. The molecule has 0 aliphatic carbocycles. The summed E-state index contributed by atoms with van der Waals surface area (Å²) in [6, 6.07) is 1.50. The highest BCUT2D eigenvalue weighted by atomic mass is 16.5. The molecule has 8 nitrogen and oxygen atoms in total. The Morgan fingerprint density at radius 3 is 2.76 bits per heavy atom. The molecular weight excluding hydrogens is 226 g/mol. The maximum atomic E-state index is 11.0. The van der Waals surface area contributed by atoms with Crippen LogP contribution in [-0.2, 0) is 6.54 Å². The molecule has 0 radical (unpaired) electrons. The Balaban J connectivity index is 2.13. The lowest BCUT2D eigenvalue weighted by Gasteiger charge is -1.92. The van der Waals surface area contributed by atoms with E-state index < -0.39 is 5.91 Å². The van der Waals surface area contributed by atoms with Gasteiger partial charge in [0.1, 0.15) is 12.2 Å². The van der Waals surface area contributed by atoms with E-state index >= 15 is 0 Å². The third kappa shape index (κ3) is 2.36. The number of Topliss-reactive ketones (excluding diaryl/α,β-unsaturated/α-hetero) is 1. The summed E-state index contributed by atoms with van der Waals surface area (Å²) in [5.41, 5.74) is 5.33. The van der Waals surface area contributed by atoms with Crippen LogP contribution in [0.1, 0.15) is 33.7 Å². The molecule has 0 aliphatic rings. The Kier molecular flexibility index (Phi) is 2.69. The van der Waals surface area contributed by atoms with Gasteiger partial charge in [0.2, 0.25) is 0 Å². The van der Waals surface area contributed by atoms with Gasteiger partial charge in [-0.25, -0.2) is 0 Å². The molecule has 2 N–H and O–H groups in total. The summed E-state index contributed by atoms with van der Waals surface area (Å²) in [6.45, 7) is 1.56. The molecular formula is C9H9N5O3. The second-order valence-electron chi connectivity index (χ2n) is 3.36. The maximum Gasteiger partial charge on any atom is 0.270 e. The first-order valence-corrected chi connectivity index (χ1v) is 4.72. The van der Waals surface area contributed by atoms with Crippen molar-refractivity contribution >= 4 is 11.7 Å². The number of carbonyl (C=O) groups is 2. The number of hydrogen-bond acceptors (Lipinski definition) is 6. The normalized spacial score (nSPS) is 10.4. The molecule has 0 spiro atoms. The summed E-state index contributed by atoms with van der Waals surface area (Å²) in [5.74, 6) is -0.425. The first-order valence-electron chi connectivity index (χ1n) is 4.72. The molecule has 0 atom stereocenters. The van der Waals surface area contributed by atoms with Gasteiger partial charge in [-0.3, -0.25) is 9.59 Å². The Labute approximate surface area is 95.4 Å². The first-order chi connectivity index (χ1) is 8.06. The largest absolute Gasteiger partial charge is 0.364 e. The van der Waals surface area contributed by atoms with Gasteiger partial charge in [-0.1, -0.05) is 5.16 Å². The number of primary amides is 1. The van der Waals surface area contributed by atoms with Crippen LogP contribution in [0.2, 0.25) is 0 Å². The number of nitrogens with two attached hydrogens (primary N) is 1. The van der Waals surface area contributed by atoms with Gasteiger partial charge in [0.25, 0.3) is 5.91 Å². The van der Waals surface area contributed by atoms with E-state index in [-0.39, 0.29) is 23.7 Å². The quantitative estimate of drug-likeness (QED) is 0.721. The van der Waals surface area contributed by atoms with Gasteiger partial charge < -0.3 is 10.3 Å². The Hall–Kier alpha value is -2.51. The van der Waals surface area contributed by atoms with Crippen LogP contribution >= 0.6 is 0 Å². The number of hydrogen-bond donors (Lipinski definition) is 1. The number of carbonyl (C=O) groups excluding carboxylic acids is 2. The second-order valence-corrected chi connectivity index (χ2v) is 3.36. The van der Waals surface area contributed by atoms with E-state index in [0.717, 1.165) is 0 Å². The average molecular weight is 235 g/mol. The van der Waals surface area contributed by atoms with Crippen molar-refractivity contribution in [3.63, 3.8) is 0 Å². The van der Waals surface area contributed by atoms with Gasteiger partial charge >= 0.3 is 0 Å². The van der Waals surface area contributed by atoms with Crippen LogP contribution in [0, 0.1) is 0 Å². The molecule has 17 heavy (non-hydrogen) atoms. The van der Waals surface area contributed by atoms with E-state index in [9.17, 15) is 9.59 Å². The number of nitrogens with zero attached hydrogens (tertiary/aromatic N) is 4. The highest BCUT2D eigenvalue weighted by Crippen LogP contribution is 2.05. The van der Waals surface area contributed by atoms with Crippen molar-refractivity contribution in [3.8, 4) is 0 Å². The third-order valence-electron chi connectivity index (χ3n) is 2.01. The molecule has 0 bridgehead atoms. The monoisotopic (exact) mass is 235 g/mol. The Morgan fingerprint density at radius 2 is 2.24 bits per heavy atom. The van der Waals surface area contributed by atoms with E-state index in [1.54, 1.807) is 0 Å². The molecule has 0 saturated heterocycles. The summed E-state index contributed by atoms with van der Waals surface area (Å²) < 4.78 is 4.91. The second kappa shape index (κ2) is 4.16. The molecule has 8 heteroatoms. The van der Waals surface area contributed by atoms with Crippen molar-refractivity contribution in [3.05, 3.63) is 29.4 Å². The highest BCUT2D eigenvalue weighted by Gasteiger charge is 2.11. The summed E-state index contributed by atoms with van der Waals surface area (Å²) in [6.07, 6.45) is 1.25. The minimum atomic E-state index is -0.654. The Morgan fingerprint density at radius 1 is 1.47 bits per heavy atom. The van der Waals surface area contributed by atoms with Crippen LogP contribution in [0.25, 0.3) is 0 Å². The van der Waals surface area contributed by atoms with Crippen LogP contribution in [0.4, 0.5) is 0 Å². The SMILES string of the molecule is CC(=O)c1cc(Cn2ncc(C(N)=O)n2)on1. The van der Waals surface area contributed by atoms with Crippen molar-refractivity contribution in [2.75, 3.05) is 0 Å². The van der Waals surface area contributed by atoms with Gasteiger partial charge in [-0.2, -0.15) is 9.90 Å². The lowest BCUT2D eigenvalue weighted by Crippen LogP contribution is -2.12. The molecule has 1 amide bonds. The topological polar surface area (TPSA) is 117 Å². The third-order valence-corrected chi connectivity index (χ3v) is 2.01. The summed E-state index contributed by atoms with van der Waals surface area (Å²) in [7, 11) is 0. The van der Waals surface area contributed by atoms with Crippen molar-refractivity contribution in [1.29, 1.82) is 0 Å². The minimum Gasteiger partial charge on any atom is -0.364 e. The van der Waals surface area contributed by atoms with Crippen molar-refractivity contribution < 1.29 is 14.1 Å². The standard InChI is InChI=1S/C9H9N5O3/c1-5(15)7-2-6(17-13-7)4-14-11-3-8(12-14)9(10)16/h2-3H,4H2,1H3,(H2,10,16). The van der Waals surface area contributed by atoms with E-state index in [0.29, 0.717) is 5.76 Å². The molecule has 0 saturated carbocycles. The molecule has 2 rings (SSSR count). The van der Waals surface area contributed by atoms with E-state index in [1.165, 1.54) is 24.0 Å². The molecule has 2 heterocycles. The summed E-state index contributed by atoms with van der Waals surface area (Å²) >= 11 is 0. The average Bonchev–Trinajstić information content (AvgIpc) is 2.87. The van der Waals surface area contributed by atoms with E-state index in [2.05, 4.69) is 15.4 Å². The predicted octanol–water partition coefficient (Wildman–Crippen LogP) is -0.384. The maximum absolute atomic E-state index is 11.0. The van der Waals surface area contributed by atoms with Crippen molar-refractivity contribution in [2.45, 2.75) is 13.5 Å². The zero-order valence-corrected chi connectivity index (χ0v) is 8.95. The number of aromatic nitrogens is 4. The fraction of sp³-hybridized carbons (Fsp3) is 0.222. The Bertz CT molecular complexity index is 520. The molecule has 0 aromatic carbocycles. The molecule has 2 aromatic rings. The molecule has 0 fully saturated rings. The molecule has 0 unspecified atom stereocenters. The first kappa shape index (κ1) is 11.0.